The van der Waals surface area contributed by atoms with Gasteiger partial charge in [-0.1, -0.05) is 0 Å². The van der Waals surface area contributed by atoms with Gasteiger partial charge in [0.2, 0.25) is 11.8 Å². The molecule has 0 spiro atoms. The van der Waals surface area contributed by atoms with Gasteiger partial charge in [0, 0.05) is 57.4 Å². The van der Waals surface area contributed by atoms with Gasteiger partial charge < -0.3 is 19.3 Å². The number of hydrogen-bond acceptors (Lipinski definition) is 4. The molecule has 1 unspecified atom stereocenters. The first kappa shape index (κ1) is 18.2. The third-order valence-corrected chi connectivity index (χ3v) is 5.90. The molecule has 3 aliphatic rings. The Morgan fingerprint density at radius 3 is 2.70 bits per heavy atom. The minimum Gasteiger partial charge on any atom is -0.341 e. The SMILES string of the molecule is CN(C)CCN1CC(C(=O)N2CCc3cc(=O)n(C4CC4)cc3C2)CC1=O. The zero-order chi connectivity index (χ0) is 19.1. The van der Waals surface area contributed by atoms with Gasteiger partial charge in [-0.3, -0.25) is 14.4 Å². The zero-order valence-corrected chi connectivity index (χ0v) is 16.2. The molecule has 0 bridgehead atoms. The maximum Gasteiger partial charge on any atom is 0.251 e. The lowest BCUT2D eigenvalue weighted by molar-refractivity contribution is -0.136. The molecule has 3 heterocycles. The van der Waals surface area contributed by atoms with Crippen molar-refractivity contribution in [3.63, 3.8) is 0 Å². The molecular formula is C20H28N4O3. The van der Waals surface area contributed by atoms with Gasteiger partial charge in [-0.15, -0.1) is 0 Å². The molecule has 0 aromatic carbocycles. The Hall–Kier alpha value is -2.15. The summed E-state index contributed by atoms with van der Waals surface area (Å²) in [4.78, 5) is 43.2. The van der Waals surface area contributed by atoms with Crippen molar-refractivity contribution < 1.29 is 9.59 Å². The van der Waals surface area contributed by atoms with Crippen LogP contribution in [0.2, 0.25) is 0 Å². The van der Waals surface area contributed by atoms with Crippen molar-refractivity contribution in [2.24, 2.45) is 5.92 Å². The van der Waals surface area contributed by atoms with E-state index in [1.165, 1.54) is 0 Å². The number of pyridine rings is 1. The lowest BCUT2D eigenvalue weighted by Gasteiger charge is -2.31. The fourth-order valence-corrected chi connectivity index (χ4v) is 4.10. The lowest BCUT2D eigenvalue weighted by atomic mass is 9.99. The predicted octanol–water partition coefficient (Wildman–Crippen LogP) is 0.478. The number of carbonyl (C=O) groups is 2. The molecule has 2 fully saturated rings. The zero-order valence-electron chi connectivity index (χ0n) is 16.2. The second kappa shape index (κ2) is 7.11. The first-order valence-corrected chi connectivity index (χ1v) is 9.87. The van der Waals surface area contributed by atoms with E-state index in [0.717, 1.165) is 30.5 Å². The number of rotatable bonds is 5. The minimum atomic E-state index is -0.240. The van der Waals surface area contributed by atoms with Crippen molar-refractivity contribution in [3.05, 3.63) is 33.7 Å². The van der Waals surface area contributed by atoms with Gasteiger partial charge in [-0.2, -0.15) is 0 Å². The third kappa shape index (κ3) is 3.78. The standard InChI is InChI=1S/C20H28N4O3/c1-21(2)7-8-22-11-15(10-18(22)25)20(27)23-6-5-14-9-19(26)24(17-3-4-17)13-16(14)12-23/h9,13,15,17H,3-8,10-12H2,1-2H3. The number of fused-ring (bicyclic) bond motifs is 1. The van der Waals surface area contributed by atoms with Crippen LogP contribution in [0.3, 0.4) is 0 Å². The Morgan fingerprint density at radius 1 is 1.22 bits per heavy atom. The number of hydrogen-bond donors (Lipinski definition) is 0. The van der Waals surface area contributed by atoms with Gasteiger partial charge in [0.15, 0.2) is 0 Å². The molecule has 7 heteroatoms. The number of carbonyl (C=O) groups excluding carboxylic acids is 2. The number of aromatic nitrogens is 1. The molecule has 1 atom stereocenters. The van der Waals surface area contributed by atoms with Gasteiger partial charge >= 0.3 is 0 Å². The second-order valence-corrected chi connectivity index (χ2v) is 8.35. The summed E-state index contributed by atoms with van der Waals surface area (Å²) in [6, 6.07) is 2.09. The maximum atomic E-state index is 13.0. The highest BCUT2D eigenvalue weighted by Crippen LogP contribution is 2.34. The second-order valence-electron chi connectivity index (χ2n) is 8.35. The first-order chi connectivity index (χ1) is 12.9. The largest absolute Gasteiger partial charge is 0.341 e. The Labute approximate surface area is 159 Å². The van der Waals surface area contributed by atoms with Crippen molar-refractivity contribution in [1.82, 2.24) is 19.3 Å². The summed E-state index contributed by atoms with van der Waals surface area (Å²) in [6.45, 7) is 3.18. The maximum absolute atomic E-state index is 13.0. The Balaban J connectivity index is 1.43. The summed E-state index contributed by atoms with van der Waals surface area (Å²) in [6.07, 6.45) is 5.12. The molecule has 7 nitrogen and oxygen atoms in total. The lowest BCUT2D eigenvalue weighted by Crippen LogP contribution is -2.41. The van der Waals surface area contributed by atoms with Gasteiger partial charge in [-0.25, -0.2) is 0 Å². The van der Waals surface area contributed by atoms with Gasteiger partial charge in [0.25, 0.3) is 5.56 Å². The summed E-state index contributed by atoms with van der Waals surface area (Å²) in [7, 11) is 3.96. The average molecular weight is 372 g/mol. The van der Waals surface area contributed by atoms with E-state index in [4.69, 9.17) is 0 Å². The van der Waals surface area contributed by atoms with Crippen molar-refractivity contribution >= 4 is 11.8 Å². The number of nitrogens with zero attached hydrogens (tertiary/aromatic N) is 4. The first-order valence-electron chi connectivity index (χ1n) is 9.87. The monoisotopic (exact) mass is 372 g/mol. The molecule has 0 radical (unpaired) electrons. The normalized spacial score (nSPS) is 22.5. The summed E-state index contributed by atoms with van der Waals surface area (Å²) in [5.41, 5.74) is 2.22. The minimum absolute atomic E-state index is 0.0746. The highest BCUT2D eigenvalue weighted by molar-refractivity contribution is 5.89. The molecule has 1 saturated carbocycles. The smallest absolute Gasteiger partial charge is 0.251 e. The molecule has 2 aliphatic heterocycles. The van der Waals surface area contributed by atoms with Crippen LogP contribution < -0.4 is 5.56 Å². The van der Waals surface area contributed by atoms with E-state index in [-0.39, 0.29) is 23.3 Å². The molecule has 2 amide bonds. The van der Waals surface area contributed by atoms with Crippen LogP contribution in [0.25, 0.3) is 0 Å². The molecule has 1 aliphatic carbocycles. The van der Waals surface area contributed by atoms with Crippen molar-refractivity contribution in [3.8, 4) is 0 Å². The Morgan fingerprint density at radius 2 is 2.00 bits per heavy atom. The van der Waals surface area contributed by atoms with E-state index in [1.54, 1.807) is 6.07 Å². The van der Waals surface area contributed by atoms with E-state index in [9.17, 15) is 14.4 Å². The topological polar surface area (TPSA) is 65.9 Å². The van der Waals surface area contributed by atoms with Crippen molar-refractivity contribution in [2.75, 3.05) is 40.3 Å². The van der Waals surface area contributed by atoms with Crippen LogP contribution in [0.4, 0.5) is 0 Å². The van der Waals surface area contributed by atoms with Crippen molar-refractivity contribution in [1.29, 1.82) is 0 Å². The number of likely N-dealkylation sites (N-methyl/N-ethyl adjacent to an activating group) is 1. The number of amides is 2. The molecular weight excluding hydrogens is 344 g/mol. The molecule has 0 N–H and O–H groups in total. The van der Waals surface area contributed by atoms with Gasteiger partial charge in [0.1, 0.15) is 0 Å². The van der Waals surface area contributed by atoms with Gasteiger partial charge in [-0.05, 0) is 44.5 Å². The fraction of sp³-hybridized carbons (Fsp3) is 0.650. The summed E-state index contributed by atoms with van der Waals surface area (Å²) >= 11 is 0. The van der Waals surface area contributed by atoms with Crippen LogP contribution in [-0.4, -0.2) is 71.4 Å². The number of likely N-dealkylation sites (tertiary alicyclic amines) is 1. The molecule has 4 rings (SSSR count). The van der Waals surface area contributed by atoms with E-state index in [2.05, 4.69) is 0 Å². The van der Waals surface area contributed by atoms with Gasteiger partial charge in [0.05, 0.1) is 5.92 Å². The van der Waals surface area contributed by atoms with E-state index in [0.29, 0.717) is 45.1 Å². The Bertz CT molecular complexity index is 812. The predicted molar refractivity (Wildman–Crippen MR) is 101 cm³/mol. The van der Waals surface area contributed by atoms with Crippen LogP contribution >= 0.6 is 0 Å². The van der Waals surface area contributed by atoms with E-state index >= 15 is 0 Å². The highest BCUT2D eigenvalue weighted by Gasteiger charge is 2.37. The van der Waals surface area contributed by atoms with E-state index < -0.39 is 0 Å². The average Bonchev–Trinajstić information content (AvgIpc) is 3.41. The molecule has 27 heavy (non-hydrogen) atoms. The summed E-state index contributed by atoms with van der Waals surface area (Å²) in [5, 5.41) is 0. The third-order valence-electron chi connectivity index (χ3n) is 5.90. The molecule has 146 valence electrons. The highest BCUT2D eigenvalue weighted by atomic mass is 16.2. The molecule has 1 saturated heterocycles. The quantitative estimate of drug-likeness (QED) is 0.754. The Kier molecular flexibility index (Phi) is 4.80. The molecule has 1 aromatic rings. The van der Waals surface area contributed by atoms with E-state index in [1.807, 2.05) is 39.6 Å². The van der Waals surface area contributed by atoms with Crippen LogP contribution in [0, 0.1) is 5.92 Å². The fourth-order valence-electron chi connectivity index (χ4n) is 4.10. The summed E-state index contributed by atoms with van der Waals surface area (Å²) in [5.74, 6) is -0.0868. The van der Waals surface area contributed by atoms with Crippen LogP contribution in [0.5, 0.6) is 0 Å². The molecule has 1 aromatic heterocycles. The summed E-state index contributed by atoms with van der Waals surface area (Å²) < 4.78 is 1.83. The van der Waals surface area contributed by atoms with Crippen LogP contribution in [0.1, 0.15) is 36.4 Å². The van der Waals surface area contributed by atoms with Crippen molar-refractivity contribution in [2.45, 2.75) is 38.3 Å². The van der Waals surface area contributed by atoms with Crippen LogP contribution in [-0.2, 0) is 22.6 Å². The van der Waals surface area contributed by atoms with Crippen LogP contribution in [0.15, 0.2) is 17.1 Å².